The van der Waals surface area contributed by atoms with Gasteiger partial charge < -0.3 is 15.0 Å². The molecule has 0 radical (unpaired) electrons. The molecule has 2 rings (SSSR count). The summed E-state index contributed by atoms with van der Waals surface area (Å²) in [6, 6.07) is 6.15. The molecule has 0 saturated heterocycles. The molecule has 0 aliphatic carbocycles. The number of carbonyl (C=O) groups excluding carboxylic acids is 1. The maximum atomic E-state index is 11.6. The Bertz CT molecular complexity index is 1010. The normalized spacial score (nSPS) is 12.2. The molecule has 5 nitrogen and oxygen atoms in total. The van der Waals surface area contributed by atoms with Gasteiger partial charge >= 0.3 is 0 Å². The van der Waals surface area contributed by atoms with E-state index in [1.54, 1.807) is 6.92 Å². The van der Waals surface area contributed by atoms with Crippen LogP contribution < -0.4 is 5.32 Å². The zero-order valence-corrected chi connectivity index (χ0v) is 21.2. The fraction of sp³-hybridized carbons (Fsp3) is 0.429. The van der Waals surface area contributed by atoms with Crippen LogP contribution in [0.4, 0.5) is 5.69 Å². The SMILES string of the molecule is C=Cc1cccc(NCc2cnn(C(C)(C)CC)c2)c1C(=C)N(C)C(CCC(C)=O)C(=C)C. The molecule has 178 valence electrons. The van der Waals surface area contributed by atoms with Gasteiger partial charge in [-0.15, -0.1) is 0 Å². The van der Waals surface area contributed by atoms with E-state index in [9.17, 15) is 4.79 Å². The number of Topliss-reactive ketones (excluding diaryl/α,β-unsaturated/α-hetero) is 1. The van der Waals surface area contributed by atoms with E-state index in [1.807, 2.05) is 43.1 Å². The Labute approximate surface area is 199 Å². The molecule has 1 unspecified atom stereocenters. The highest BCUT2D eigenvalue weighted by molar-refractivity contribution is 5.81. The molecule has 0 aliphatic rings. The van der Waals surface area contributed by atoms with Crippen LogP contribution in [0.3, 0.4) is 0 Å². The van der Waals surface area contributed by atoms with Gasteiger partial charge in [0.2, 0.25) is 0 Å². The number of ketones is 1. The summed E-state index contributed by atoms with van der Waals surface area (Å²) in [6.45, 7) is 23.4. The second-order valence-corrected chi connectivity index (χ2v) is 9.45. The lowest BCUT2D eigenvalue weighted by Gasteiger charge is -2.33. The summed E-state index contributed by atoms with van der Waals surface area (Å²) >= 11 is 0. The molecule has 1 heterocycles. The molecule has 1 aromatic heterocycles. The zero-order valence-electron chi connectivity index (χ0n) is 21.2. The van der Waals surface area contributed by atoms with Gasteiger partial charge in [0.1, 0.15) is 5.78 Å². The van der Waals surface area contributed by atoms with Gasteiger partial charge in [0.25, 0.3) is 0 Å². The monoisotopic (exact) mass is 448 g/mol. The number of benzene rings is 1. The fourth-order valence-electron chi connectivity index (χ4n) is 3.83. The van der Waals surface area contributed by atoms with Gasteiger partial charge in [-0.2, -0.15) is 5.10 Å². The Morgan fingerprint density at radius 1 is 1.30 bits per heavy atom. The zero-order chi connectivity index (χ0) is 24.8. The van der Waals surface area contributed by atoms with Crippen LogP contribution in [-0.4, -0.2) is 33.6 Å². The number of likely N-dealkylation sites (N-methyl/N-ethyl adjacent to an activating group) is 1. The van der Waals surface area contributed by atoms with Crippen LogP contribution in [0.5, 0.6) is 0 Å². The van der Waals surface area contributed by atoms with Crippen molar-refractivity contribution >= 4 is 23.2 Å². The van der Waals surface area contributed by atoms with E-state index in [-0.39, 0.29) is 17.4 Å². The van der Waals surface area contributed by atoms with E-state index in [4.69, 9.17) is 0 Å². The predicted molar refractivity (Wildman–Crippen MR) is 141 cm³/mol. The van der Waals surface area contributed by atoms with E-state index < -0.39 is 0 Å². The average Bonchev–Trinajstić information content (AvgIpc) is 3.26. The van der Waals surface area contributed by atoms with Crippen molar-refractivity contribution in [2.75, 3.05) is 12.4 Å². The van der Waals surface area contributed by atoms with E-state index >= 15 is 0 Å². The molecule has 0 spiro atoms. The molecule has 0 amide bonds. The number of hydrogen-bond acceptors (Lipinski definition) is 4. The van der Waals surface area contributed by atoms with E-state index in [0.717, 1.165) is 40.1 Å². The third-order valence-corrected chi connectivity index (χ3v) is 6.44. The highest BCUT2D eigenvalue weighted by Crippen LogP contribution is 2.32. The van der Waals surface area contributed by atoms with Crippen LogP contribution in [0.25, 0.3) is 11.8 Å². The van der Waals surface area contributed by atoms with Crippen molar-refractivity contribution in [3.63, 3.8) is 0 Å². The van der Waals surface area contributed by atoms with E-state index in [2.05, 4.69) is 68.1 Å². The summed E-state index contributed by atoms with van der Waals surface area (Å²) in [5.74, 6) is 0.181. The van der Waals surface area contributed by atoms with Crippen molar-refractivity contribution in [2.45, 2.75) is 72.0 Å². The quantitative estimate of drug-likeness (QED) is 0.355. The summed E-state index contributed by atoms with van der Waals surface area (Å²) in [5.41, 5.74) is 5.98. The van der Waals surface area contributed by atoms with Gasteiger partial charge in [-0.1, -0.05) is 50.4 Å². The number of hydrogen-bond donors (Lipinski definition) is 1. The number of nitrogens with zero attached hydrogens (tertiary/aromatic N) is 3. The van der Waals surface area contributed by atoms with Crippen LogP contribution in [0, 0.1) is 0 Å². The summed E-state index contributed by atoms with van der Waals surface area (Å²) in [4.78, 5) is 13.7. The van der Waals surface area contributed by atoms with Crippen molar-refractivity contribution in [3.8, 4) is 0 Å². The summed E-state index contributed by atoms with van der Waals surface area (Å²) in [7, 11) is 2.02. The van der Waals surface area contributed by atoms with Gasteiger partial charge in [-0.05, 0) is 52.2 Å². The number of carbonyl (C=O) groups is 1. The van der Waals surface area contributed by atoms with Crippen molar-refractivity contribution in [2.24, 2.45) is 0 Å². The molecule has 0 fully saturated rings. The summed E-state index contributed by atoms with van der Waals surface area (Å²) in [6.07, 6.45) is 8.11. The minimum Gasteiger partial charge on any atom is -0.380 e. The minimum atomic E-state index is -0.0133. The van der Waals surface area contributed by atoms with Gasteiger partial charge in [0.15, 0.2) is 0 Å². The Balaban J connectivity index is 2.30. The third kappa shape index (κ3) is 6.47. The van der Waals surface area contributed by atoms with Crippen LogP contribution in [0.15, 0.2) is 55.9 Å². The molecule has 5 heteroatoms. The Morgan fingerprint density at radius 3 is 2.58 bits per heavy atom. The second kappa shape index (κ2) is 11.2. The molecular weight excluding hydrogens is 408 g/mol. The third-order valence-electron chi connectivity index (χ3n) is 6.44. The van der Waals surface area contributed by atoms with Crippen LogP contribution >= 0.6 is 0 Å². The second-order valence-electron chi connectivity index (χ2n) is 9.45. The first kappa shape index (κ1) is 26.2. The molecule has 1 aromatic carbocycles. The van der Waals surface area contributed by atoms with Crippen molar-refractivity contribution in [3.05, 3.63) is 72.6 Å². The molecule has 0 saturated carbocycles. The van der Waals surface area contributed by atoms with Gasteiger partial charge in [0, 0.05) is 54.8 Å². The van der Waals surface area contributed by atoms with Crippen LogP contribution in [0.1, 0.15) is 70.6 Å². The van der Waals surface area contributed by atoms with E-state index in [1.165, 1.54) is 0 Å². The highest BCUT2D eigenvalue weighted by atomic mass is 16.1. The lowest BCUT2D eigenvalue weighted by molar-refractivity contribution is -0.117. The first-order valence-electron chi connectivity index (χ1n) is 11.6. The highest BCUT2D eigenvalue weighted by Gasteiger charge is 2.22. The first-order chi connectivity index (χ1) is 15.5. The fourth-order valence-corrected chi connectivity index (χ4v) is 3.83. The predicted octanol–water partition coefficient (Wildman–Crippen LogP) is 6.50. The largest absolute Gasteiger partial charge is 0.380 e. The Kier molecular flexibility index (Phi) is 8.86. The number of rotatable bonds is 13. The van der Waals surface area contributed by atoms with Crippen molar-refractivity contribution in [1.29, 1.82) is 0 Å². The van der Waals surface area contributed by atoms with Crippen LogP contribution in [-0.2, 0) is 16.9 Å². The molecule has 2 aromatic rings. The summed E-state index contributed by atoms with van der Waals surface area (Å²) < 4.78 is 2.03. The number of aromatic nitrogens is 2. The van der Waals surface area contributed by atoms with Crippen LogP contribution in [0.2, 0.25) is 0 Å². The molecule has 0 aliphatic heterocycles. The Hall–Kier alpha value is -3.08. The molecular formula is C28H40N4O. The lowest BCUT2D eigenvalue weighted by atomic mass is 9.97. The maximum Gasteiger partial charge on any atom is 0.129 e. The molecule has 0 bridgehead atoms. The smallest absolute Gasteiger partial charge is 0.129 e. The Morgan fingerprint density at radius 2 is 2.00 bits per heavy atom. The number of nitrogens with one attached hydrogen (secondary N) is 1. The van der Waals surface area contributed by atoms with Gasteiger partial charge in [-0.25, -0.2) is 0 Å². The molecule has 1 N–H and O–H groups in total. The average molecular weight is 449 g/mol. The van der Waals surface area contributed by atoms with Gasteiger partial charge in [-0.3, -0.25) is 4.68 Å². The molecule has 33 heavy (non-hydrogen) atoms. The maximum absolute atomic E-state index is 11.6. The molecule has 1 atom stereocenters. The van der Waals surface area contributed by atoms with Crippen molar-refractivity contribution in [1.82, 2.24) is 14.7 Å². The number of anilines is 1. The van der Waals surface area contributed by atoms with Crippen molar-refractivity contribution < 1.29 is 4.79 Å². The minimum absolute atomic E-state index is 0.0133. The van der Waals surface area contributed by atoms with E-state index in [0.29, 0.717) is 19.4 Å². The lowest BCUT2D eigenvalue weighted by Crippen LogP contribution is -2.31. The summed E-state index contributed by atoms with van der Waals surface area (Å²) in [5, 5.41) is 8.14. The topological polar surface area (TPSA) is 50.2 Å². The standard InChI is InChI=1S/C28H40N4O/c1-10-24-13-12-14-25(29-17-23-18-30-32(19-23)28(7,8)11-2)27(24)22(6)31(9)26(20(3)4)16-15-21(5)33/h10,12-14,18-19,26,29H,1,3,6,11,15-17H2,2,4-5,7-9H3. The van der Waals surface area contributed by atoms with Gasteiger partial charge in [0.05, 0.1) is 11.7 Å². The first-order valence-corrected chi connectivity index (χ1v) is 11.6.